The highest BCUT2D eigenvalue weighted by atomic mass is 32.1. The van der Waals surface area contributed by atoms with Crippen molar-refractivity contribution in [1.82, 2.24) is 15.1 Å². The molecule has 0 radical (unpaired) electrons. The minimum atomic E-state index is -0.822. The van der Waals surface area contributed by atoms with Crippen LogP contribution in [0.25, 0.3) is 11.5 Å². The number of carboxylic acids is 1. The molecular weight excluding hydrogens is 242 g/mol. The van der Waals surface area contributed by atoms with Crippen LogP contribution in [0, 0.1) is 5.92 Å². The van der Waals surface area contributed by atoms with E-state index < -0.39 is 5.97 Å². The van der Waals surface area contributed by atoms with Crippen LogP contribution in [0.4, 0.5) is 0 Å². The maximum Gasteiger partial charge on any atom is 0.303 e. The van der Waals surface area contributed by atoms with Gasteiger partial charge in [0, 0.05) is 18.2 Å². The van der Waals surface area contributed by atoms with Crippen LogP contribution in [0.5, 0.6) is 0 Å². The molecule has 7 heteroatoms. The van der Waals surface area contributed by atoms with Gasteiger partial charge in [0.05, 0.1) is 5.51 Å². The van der Waals surface area contributed by atoms with Gasteiger partial charge >= 0.3 is 5.97 Å². The summed E-state index contributed by atoms with van der Waals surface area (Å²) in [6, 6.07) is 0. The maximum atomic E-state index is 10.5. The Kier molecular flexibility index (Phi) is 3.48. The van der Waals surface area contributed by atoms with Crippen molar-refractivity contribution in [3.05, 3.63) is 16.8 Å². The van der Waals surface area contributed by atoms with Gasteiger partial charge in [-0.25, -0.2) is 4.98 Å². The zero-order valence-corrected chi connectivity index (χ0v) is 9.98. The van der Waals surface area contributed by atoms with Gasteiger partial charge in [-0.2, -0.15) is 4.98 Å². The predicted octanol–water partition coefficient (Wildman–Crippen LogP) is 1.85. The Bertz CT molecular complexity index is 495. The standard InChI is InChI=1S/C10H11N3O3S/c1-6(3-9(14)15)2-8-12-10(13-16-8)7-4-17-5-11-7/h4-6H,2-3H2,1H3,(H,14,15). The molecule has 0 spiro atoms. The summed E-state index contributed by atoms with van der Waals surface area (Å²) in [6.07, 6.45) is 0.553. The highest BCUT2D eigenvalue weighted by molar-refractivity contribution is 7.07. The molecular formula is C10H11N3O3S. The molecule has 0 aliphatic heterocycles. The summed E-state index contributed by atoms with van der Waals surface area (Å²) >= 11 is 1.46. The van der Waals surface area contributed by atoms with Gasteiger partial charge in [0.15, 0.2) is 0 Å². The van der Waals surface area contributed by atoms with Gasteiger partial charge in [-0.3, -0.25) is 4.79 Å². The lowest BCUT2D eigenvalue weighted by Crippen LogP contribution is -2.07. The highest BCUT2D eigenvalue weighted by Gasteiger charge is 2.15. The molecule has 0 aromatic carbocycles. The van der Waals surface area contributed by atoms with Gasteiger partial charge in [-0.1, -0.05) is 12.1 Å². The van der Waals surface area contributed by atoms with Crippen molar-refractivity contribution in [3.8, 4) is 11.5 Å². The first-order chi connectivity index (χ1) is 8.15. The van der Waals surface area contributed by atoms with E-state index in [-0.39, 0.29) is 12.3 Å². The van der Waals surface area contributed by atoms with E-state index in [1.165, 1.54) is 11.3 Å². The van der Waals surface area contributed by atoms with E-state index >= 15 is 0 Å². The third-order valence-corrected chi connectivity index (χ3v) is 2.76. The molecule has 2 aromatic rings. The summed E-state index contributed by atoms with van der Waals surface area (Å²) in [6.45, 7) is 1.83. The molecule has 6 nitrogen and oxygen atoms in total. The molecule has 90 valence electrons. The van der Waals surface area contributed by atoms with E-state index in [4.69, 9.17) is 9.63 Å². The molecule has 1 unspecified atom stereocenters. The van der Waals surface area contributed by atoms with Crippen molar-refractivity contribution >= 4 is 17.3 Å². The van der Waals surface area contributed by atoms with E-state index in [0.717, 1.165) is 0 Å². The van der Waals surface area contributed by atoms with Crippen molar-refractivity contribution in [1.29, 1.82) is 0 Å². The first-order valence-electron chi connectivity index (χ1n) is 5.08. The first-order valence-corrected chi connectivity index (χ1v) is 6.02. The van der Waals surface area contributed by atoms with Crippen molar-refractivity contribution in [3.63, 3.8) is 0 Å². The fourth-order valence-corrected chi connectivity index (χ4v) is 1.96. The van der Waals surface area contributed by atoms with Gasteiger partial charge in [0.1, 0.15) is 5.69 Å². The molecule has 0 saturated carbocycles. The number of rotatable bonds is 5. The minimum Gasteiger partial charge on any atom is -0.481 e. The average Bonchev–Trinajstić information content (AvgIpc) is 2.84. The van der Waals surface area contributed by atoms with Crippen LogP contribution in [0.1, 0.15) is 19.2 Å². The number of hydrogen-bond acceptors (Lipinski definition) is 6. The van der Waals surface area contributed by atoms with E-state index in [2.05, 4.69) is 15.1 Å². The number of thiazole rings is 1. The number of aromatic nitrogens is 3. The van der Waals surface area contributed by atoms with Crippen LogP contribution >= 0.6 is 11.3 Å². The predicted molar refractivity (Wildman–Crippen MR) is 60.5 cm³/mol. The van der Waals surface area contributed by atoms with Crippen molar-refractivity contribution in [2.75, 3.05) is 0 Å². The Labute approximate surface area is 101 Å². The fraction of sp³-hybridized carbons (Fsp3) is 0.400. The molecule has 17 heavy (non-hydrogen) atoms. The van der Waals surface area contributed by atoms with E-state index in [1.807, 2.05) is 12.3 Å². The molecule has 1 N–H and O–H groups in total. The van der Waals surface area contributed by atoms with Gasteiger partial charge < -0.3 is 9.63 Å². The van der Waals surface area contributed by atoms with E-state index in [1.54, 1.807) is 5.51 Å². The molecule has 0 saturated heterocycles. The first kappa shape index (κ1) is 11.7. The van der Waals surface area contributed by atoms with Crippen LogP contribution in [0.3, 0.4) is 0 Å². The largest absolute Gasteiger partial charge is 0.481 e. The van der Waals surface area contributed by atoms with Crippen LogP contribution in [-0.4, -0.2) is 26.2 Å². The average molecular weight is 253 g/mol. The number of carboxylic acid groups (broad SMARTS) is 1. The highest BCUT2D eigenvalue weighted by Crippen LogP contribution is 2.17. The Morgan fingerprint density at radius 1 is 1.65 bits per heavy atom. The molecule has 0 fully saturated rings. The van der Waals surface area contributed by atoms with Crippen LogP contribution in [-0.2, 0) is 11.2 Å². The zero-order chi connectivity index (χ0) is 12.3. The van der Waals surface area contributed by atoms with Crippen LogP contribution in [0.2, 0.25) is 0 Å². The van der Waals surface area contributed by atoms with Gasteiger partial charge in [-0.05, 0) is 5.92 Å². The summed E-state index contributed by atoms with van der Waals surface area (Å²) in [5, 5.41) is 14.3. The van der Waals surface area contributed by atoms with Gasteiger partial charge in [0.2, 0.25) is 11.7 Å². The Hall–Kier alpha value is -1.76. The third kappa shape index (κ3) is 3.10. The Morgan fingerprint density at radius 3 is 3.12 bits per heavy atom. The second kappa shape index (κ2) is 5.05. The summed E-state index contributed by atoms with van der Waals surface area (Å²) < 4.78 is 5.05. The lowest BCUT2D eigenvalue weighted by molar-refractivity contribution is -0.137. The zero-order valence-electron chi connectivity index (χ0n) is 9.16. The number of aliphatic carboxylic acids is 1. The topological polar surface area (TPSA) is 89.1 Å². The van der Waals surface area contributed by atoms with Crippen LogP contribution in [0.15, 0.2) is 15.4 Å². The Balaban J connectivity index is 2.01. The lowest BCUT2D eigenvalue weighted by atomic mass is 10.0. The molecule has 0 bridgehead atoms. The number of nitrogens with zero attached hydrogens (tertiary/aromatic N) is 3. The maximum absolute atomic E-state index is 10.5. The molecule has 1 atom stereocenters. The summed E-state index contributed by atoms with van der Waals surface area (Å²) in [5.74, 6) is 0.0403. The normalized spacial score (nSPS) is 12.5. The SMILES string of the molecule is CC(CC(=O)O)Cc1nc(-c2cscn2)no1. The van der Waals surface area contributed by atoms with Crippen molar-refractivity contribution < 1.29 is 14.4 Å². The van der Waals surface area contributed by atoms with Crippen molar-refractivity contribution in [2.45, 2.75) is 19.8 Å². The fourth-order valence-electron chi connectivity index (χ4n) is 1.43. The quantitative estimate of drug-likeness (QED) is 0.874. The van der Waals surface area contributed by atoms with E-state index in [0.29, 0.717) is 23.8 Å². The molecule has 2 aromatic heterocycles. The minimum absolute atomic E-state index is 0.0313. The molecule has 2 heterocycles. The summed E-state index contributed by atoms with van der Waals surface area (Å²) in [5.41, 5.74) is 2.37. The van der Waals surface area contributed by atoms with Crippen LogP contribution < -0.4 is 0 Å². The molecule has 2 rings (SSSR count). The number of carbonyl (C=O) groups is 1. The molecule has 0 amide bonds. The summed E-state index contributed by atoms with van der Waals surface area (Å²) in [7, 11) is 0. The number of hydrogen-bond donors (Lipinski definition) is 1. The van der Waals surface area contributed by atoms with Gasteiger partial charge in [0.25, 0.3) is 0 Å². The molecule has 0 aliphatic rings. The summed E-state index contributed by atoms with van der Waals surface area (Å²) in [4.78, 5) is 18.8. The van der Waals surface area contributed by atoms with Crippen molar-refractivity contribution in [2.24, 2.45) is 5.92 Å². The van der Waals surface area contributed by atoms with Gasteiger partial charge in [-0.15, -0.1) is 11.3 Å². The Morgan fingerprint density at radius 2 is 2.47 bits per heavy atom. The smallest absolute Gasteiger partial charge is 0.303 e. The molecule has 0 aliphatic carbocycles. The monoisotopic (exact) mass is 253 g/mol. The van der Waals surface area contributed by atoms with E-state index in [9.17, 15) is 4.79 Å². The second-order valence-electron chi connectivity index (χ2n) is 3.79. The third-order valence-electron chi connectivity index (χ3n) is 2.18. The second-order valence-corrected chi connectivity index (χ2v) is 4.51. The lowest BCUT2D eigenvalue weighted by Gasteiger charge is -2.02.